The van der Waals surface area contributed by atoms with Gasteiger partial charge in [0.05, 0.1) is 12.5 Å². The molecule has 0 aromatic carbocycles. The predicted octanol–water partition coefficient (Wildman–Crippen LogP) is 0.0196. The quantitative estimate of drug-likeness (QED) is 0.510. The summed E-state index contributed by atoms with van der Waals surface area (Å²) >= 11 is 0. The van der Waals surface area contributed by atoms with Crippen molar-refractivity contribution in [1.82, 2.24) is 4.90 Å². The number of nitrogens with two attached hydrogens (primary N) is 1. The standard InChI is InChI=1S/C13H23BN2O5.C2H6/c15-5-12(17)16-6-8-4-10(13(18)19)9(11(8)7-16)2-1-3-14(20)21;1-2/h8-11,20-21H,1-7,15H2,(H,18,19);1-2H3/t8?,9-,10-,11?;/m1./s1. The molecule has 0 aromatic heterocycles. The van der Waals surface area contributed by atoms with Gasteiger partial charge in [0, 0.05) is 13.1 Å². The zero-order valence-electron chi connectivity index (χ0n) is 14.0. The van der Waals surface area contributed by atoms with Crippen molar-refractivity contribution in [1.29, 1.82) is 0 Å². The minimum absolute atomic E-state index is 0.00169. The summed E-state index contributed by atoms with van der Waals surface area (Å²) in [5.74, 6) is -0.827. The van der Waals surface area contributed by atoms with Crippen LogP contribution in [0.5, 0.6) is 0 Å². The fraction of sp³-hybridized carbons (Fsp3) is 0.867. The van der Waals surface area contributed by atoms with Gasteiger partial charge in [-0.05, 0) is 36.9 Å². The number of hydrogen-bond acceptors (Lipinski definition) is 5. The summed E-state index contributed by atoms with van der Waals surface area (Å²) in [6.45, 7) is 5.17. The lowest BCUT2D eigenvalue weighted by Crippen LogP contribution is -2.36. The van der Waals surface area contributed by atoms with Gasteiger partial charge in [0.1, 0.15) is 0 Å². The third-order valence-corrected chi connectivity index (χ3v) is 4.96. The predicted molar refractivity (Wildman–Crippen MR) is 87.4 cm³/mol. The van der Waals surface area contributed by atoms with E-state index in [0.29, 0.717) is 32.4 Å². The molecule has 2 unspecified atom stereocenters. The third kappa shape index (κ3) is 4.93. The summed E-state index contributed by atoms with van der Waals surface area (Å²) in [6, 6.07) is 0. The maximum atomic E-state index is 11.7. The first-order valence-corrected chi connectivity index (χ1v) is 8.50. The smallest absolute Gasteiger partial charge is 0.451 e. The zero-order valence-corrected chi connectivity index (χ0v) is 14.0. The Bertz CT molecular complexity index is 407. The SMILES string of the molecule is CC.NCC(=O)N1CC2C[C@@H](C(=O)O)[C@@H](CCCB(O)O)C2C1. The Balaban J connectivity index is 0.00000127. The van der Waals surface area contributed by atoms with E-state index in [1.54, 1.807) is 4.90 Å². The molecule has 2 fully saturated rings. The molecule has 1 aliphatic heterocycles. The normalized spacial score (nSPS) is 28.8. The first kappa shape index (κ1) is 19.9. The van der Waals surface area contributed by atoms with Crippen LogP contribution in [0, 0.1) is 23.7 Å². The van der Waals surface area contributed by atoms with E-state index in [9.17, 15) is 14.7 Å². The molecule has 4 atom stereocenters. The van der Waals surface area contributed by atoms with Crippen molar-refractivity contribution in [3.8, 4) is 0 Å². The summed E-state index contributed by atoms with van der Waals surface area (Å²) < 4.78 is 0. The van der Waals surface area contributed by atoms with Crippen molar-refractivity contribution < 1.29 is 24.7 Å². The lowest BCUT2D eigenvalue weighted by molar-refractivity contribution is -0.143. The highest BCUT2D eigenvalue weighted by molar-refractivity contribution is 6.40. The van der Waals surface area contributed by atoms with Gasteiger partial charge in [0.15, 0.2) is 0 Å². The molecule has 0 radical (unpaired) electrons. The van der Waals surface area contributed by atoms with E-state index in [-0.39, 0.29) is 42.4 Å². The lowest BCUT2D eigenvalue weighted by Gasteiger charge is -2.24. The Hall–Kier alpha value is -1.12. The molecule has 0 bridgehead atoms. The van der Waals surface area contributed by atoms with Gasteiger partial charge in [-0.1, -0.05) is 20.3 Å². The number of likely N-dealkylation sites (tertiary alicyclic amines) is 1. The van der Waals surface area contributed by atoms with E-state index in [1.807, 2.05) is 13.8 Å². The monoisotopic (exact) mass is 328 g/mol. The van der Waals surface area contributed by atoms with Crippen molar-refractivity contribution in [2.75, 3.05) is 19.6 Å². The van der Waals surface area contributed by atoms with Gasteiger partial charge in [-0.3, -0.25) is 9.59 Å². The Labute approximate surface area is 138 Å². The highest BCUT2D eigenvalue weighted by Gasteiger charge is 2.50. The van der Waals surface area contributed by atoms with E-state index in [2.05, 4.69) is 0 Å². The van der Waals surface area contributed by atoms with Crippen LogP contribution in [0.25, 0.3) is 0 Å². The number of nitrogens with zero attached hydrogens (tertiary/aromatic N) is 1. The van der Waals surface area contributed by atoms with Crippen molar-refractivity contribution in [3.63, 3.8) is 0 Å². The molecular weight excluding hydrogens is 299 g/mol. The first-order chi connectivity index (χ1) is 10.9. The molecule has 1 heterocycles. The molecule has 1 aliphatic carbocycles. The van der Waals surface area contributed by atoms with E-state index < -0.39 is 13.1 Å². The van der Waals surface area contributed by atoms with Crippen LogP contribution in [0.2, 0.25) is 6.32 Å². The number of carbonyl (C=O) groups is 2. The average Bonchev–Trinajstić information content (AvgIpc) is 3.07. The summed E-state index contributed by atoms with van der Waals surface area (Å²) in [5.41, 5.74) is 5.39. The van der Waals surface area contributed by atoms with Crippen LogP contribution in [-0.4, -0.2) is 58.7 Å². The fourth-order valence-corrected chi connectivity index (χ4v) is 4.00. The molecule has 0 aromatic rings. The number of aliphatic carboxylic acids is 1. The molecule has 1 amide bonds. The number of carbonyl (C=O) groups excluding carboxylic acids is 1. The van der Waals surface area contributed by atoms with Crippen molar-refractivity contribution in [3.05, 3.63) is 0 Å². The van der Waals surface area contributed by atoms with Gasteiger partial charge in [-0.25, -0.2) is 0 Å². The number of rotatable bonds is 6. The van der Waals surface area contributed by atoms with E-state index in [4.69, 9.17) is 15.8 Å². The Morgan fingerprint density at radius 1 is 1.26 bits per heavy atom. The maximum Gasteiger partial charge on any atom is 0.451 e. The summed E-state index contributed by atoms with van der Waals surface area (Å²) in [7, 11) is -1.34. The van der Waals surface area contributed by atoms with Crippen molar-refractivity contribution >= 4 is 19.0 Å². The second kappa shape index (κ2) is 9.25. The van der Waals surface area contributed by atoms with Crippen LogP contribution < -0.4 is 5.73 Å². The maximum absolute atomic E-state index is 11.7. The summed E-state index contributed by atoms with van der Waals surface area (Å²) in [5, 5.41) is 27.2. The largest absolute Gasteiger partial charge is 0.481 e. The van der Waals surface area contributed by atoms with Crippen LogP contribution >= 0.6 is 0 Å². The average molecular weight is 328 g/mol. The topological polar surface area (TPSA) is 124 Å². The molecule has 132 valence electrons. The molecule has 2 aliphatic rings. The van der Waals surface area contributed by atoms with E-state index in [0.717, 1.165) is 0 Å². The van der Waals surface area contributed by atoms with Crippen molar-refractivity contribution in [2.45, 2.75) is 39.4 Å². The van der Waals surface area contributed by atoms with E-state index >= 15 is 0 Å². The van der Waals surface area contributed by atoms with Crippen LogP contribution in [-0.2, 0) is 9.59 Å². The molecule has 5 N–H and O–H groups in total. The molecule has 2 rings (SSSR count). The van der Waals surface area contributed by atoms with Gasteiger partial charge in [0.2, 0.25) is 5.91 Å². The van der Waals surface area contributed by atoms with Crippen molar-refractivity contribution in [2.24, 2.45) is 29.4 Å². The Morgan fingerprint density at radius 2 is 1.91 bits per heavy atom. The van der Waals surface area contributed by atoms with Crippen LogP contribution in [0.3, 0.4) is 0 Å². The van der Waals surface area contributed by atoms with Gasteiger partial charge in [0.25, 0.3) is 0 Å². The second-order valence-electron chi connectivity index (χ2n) is 6.18. The molecule has 1 saturated heterocycles. The molecule has 8 heteroatoms. The number of amides is 1. The highest BCUT2D eigenvalue weighted by Crippen LogP contribution is 2.48. The number of carboxylic acid groups (broad SMARTS) is 1. The van der Waals surface area contributed by atoms with Crippen LogP contribution in [0.4, 0.5) is 0 Å². The second-order valence-corrected chi connectivity index (χ2v) is 6.18. The van der Waals surface area contributed by atoms with E-state index in [1.165, 1.54) is 0 Å². The minimum atomic E-state index is -1.34. The minimum Gasteiger partial charge on any atom is -0.481 e. The molecular formula is C15H29BN2O5. The van der Waals surface area contributed by atoms with Crippen LogP contribution in [0.15, 0.2) is 0 Å². The van der Waals surface area contributed by atoms with Gasteiger partial charge >= 0.3 is 13.1 Å². The van der Waals surface area contributed by atoms with Gasteiger partial charge < -0.3 is 25.8 Å². The fourth-order valence-electron chi connectivity index (χ4n) is 4.00. The molecule has 1 saturated carbocycles. The summed E-state index contributed by atoms with van der Waals surface area (Å²) in [6.07, 6.45) is 2.09. The Kier molecular flexibility index (Phi) is 8.01. The lowest BCUT2D eigenvalue weighted by atomic mass is 9.78. The zero-order chi connectivity index (χ0) is 17.6. The first-order valence-electron chi connectivity index (χ1n) is 8.50. The number of carboxylic acids is 1. The Morgan fingerprint density at radius 3 is 2.43 bits per heavy atom. The number of fused-ring (bicyclic) bond motifs is 1. The number of hydrogen-bond donors (Lipinski definition) is 4. The molecule has 7 nitrogen and oxygen atoms in total. The van der Waals surface area contributed by atoms with Gasteiger partial charge in [-0.2, -0.15) is 0 Å². The third-order valence-electron chi connectivity index (χ3n) is 4.96. The van der Waals surface area contributed by atoms with Gasteiger partial charge in [-0.15, -0.1) is 0 Å². The molecule has 0 spiro atoms. The highest BCUT2D eigenvalue weighted by atomic mass is 16.4. The summed E-state index contributed by atoms with van der Waals surface area (Å²) in [4.78, 5) is 24.8. The molecule has 23 heavy (non-hydrogen) atoms. The van der Waals surface area contributed by atoms with Crippen LogP contribution in [0.1, 0.15) is 33.1 Å².